The zero-order chi connectivity index (χ0) is 15.4. The van der Waals surface area contributed by atoms with Gasteiger partial charge in [-0.1, -0.05) is 38.1 Å². The van der Waals surface area contributed by atoms with Gasteiger partial charge in [-0.2, -0.15) is 0 Å². The largest absolute Gasteiger partial charge is 0.399 e. The van der Waals surface area contributed by atoms with Gasteiger partial charge in [0.15, 0.2) is 0 Å². The van der Waals surface area contributed by atoms with E-state index in [-0.39, 0.29) is 5.91 Å². The molecule has 0 heterocycles. The van der Waals surface area contributed by atoms with Crippen molar-refractivity contribution in [3.63, 3.8) is 0 Å². The van der Waals surface area contributed by atoms with Crippen molar-refractivity contribution in [2.75, 3.05) is 11.5 Å². The van der Waals surface area contributed by atoms with Gasteiger partial charge in [-0.25, -0.2) is 0 Å². The van der Waals surface area contributed by atoms with Crippen LogP contribution in [-0.2, 0) is 6.54 Å². The predicted molar refractivity (Wildman–Crippen MR) is 87.0 cm³/mol. The molecule has 4 heteroatoms. The van der Waals surface area contributed by atoms with E-state index >= 15 is 0 Å². The predicted octanol–water partition coefficient (Wildman–Crippen LogP) is 2.90. The molecule has 0 aliphatic heterocycles. The first kappa shape index (κ1) is 14.9. The van der Waals surface area contributed by atoms with Crippen molar-refractivity contribution in [1.29, 1.82) is 0 Å². The monoisotopic (exact) mass is 283 g/mol. The molecular weight excluding hydrogens is 262 g/mol. The number of hydrogen-bond donors (Lipinski definition) is 3. The number of nitrogen functional groups attached to an aromatic ring is 2. The molecule has 0 radical (unpaired) electrons. The Morgan fingerprint density at radius 1 is 1.10 bits per heavy atom. The summed E-state index contributed by atoms with van der Waals surface area (Å²) in [6.07, 6.45) is 0. The number of carbonyl (C=O) groups is 1. The number of benzene rings is 2. The lowest BCUT2D eigenvalue weighted by molar-refractivity contribution is 0.0952. The second-order valence-electron chi connectivity index (χ2n) is 5.43. The van der Waals surface area contributed by atoms with E-state index in [1.807, 2.05) is 12.1 Å². The Balaban J connectivity index is 2.00. The number of hydrogen-bond acceptors (Lipinski definition) is 3. The molecule has 21 heavy (non-hydrogen) atoms. The summed E-state index contributed by atoms with van der Waals surface area (Å²) in [6, 6.07) is 13.1. The van der Waals surface area contributed by atoms with Crippen LogP contribution in [0.4, 0.5) is 11.4 Å². The summed E-state index contributed by atoms with van der Waals surface area (Å²) in [5.74, 6) is 0.309. The molecule has 1 amide bonds. The van der Waals surface area contributed by atoms with Crippen molar-refractivity contribution in [2.24, 2.45) is 0 Å². The highest BCUT2D eigenvalue weighted by Gasteiger charge is 2.09. The summed E-state index contributed by atoms with van der Waals surface area (Å²) in [6.45, 7) is 4.78. The van der Waals surface area contributed by atoms with Crippen LogP contribution in [0, 0.1) is 0 Å². The van der Waals surface area contributed by atoms with E-state index < -0.39 is 0 Å². The van der Waals surface area contributed by atoms with E-state index in [4.69, 9.17) is 11.5 Å². The molecule has 4 nitrogen and oxygen atoms in total. The topological polar surface area (TPSA) is 81.1 Å². The van der Waals surface area contributed by atoms with Gasteiger partial charge in [0.2, 0.25) is 0 Å². The number of carbonyl (C=O) groups excluding carboxylic acids is 1. The minimum absolute atomic E-state index is 0.194. The standard InChI is InChI=1S/C17H21N3O/c1-11(2)13-5-3-12(4-6-13)10-20-17(21)15-8-7-14(18)9-16(15)19/h3-9,11H,10,18-19H2,1-2H3,(H,20,21). The first-order valence-corrected chi connectivity index (χ1v) is 6.99. The second kappa shape index (κ2) is 6.31. The van der Waals surface area contributed by atoms with Crippen LogP contribution in [0.15, 0.2) is 42.5 Å². The van der Waals surface area contributed by atoms with Gasteiger partial charge in [0.05, 0.1) is 5.56 Å². The number of anilines is 2. The van der Waals surface area contributed by atoms with E-state index in [0.717, 1.165) is 5.56 Å². The van der Waals surface area contributed by atoms with Gasteiger partial charge in [-0.15, -0.1) is 0 Å². The Labute approximate surface area is 125 Å². The SMILES string of the molecule is CC(C)c1ccc(CNC(=O)c2ccc(N)cc2N)cc1. The molecule has 110 valence electrons. The molecule has 0 spiro atoms. The van der Waals surface area contributed by atoms with Crippen LogP contribution in [0.3, 0.4) is 0 Å². The van der Waals surface area contributed by atoms with Gasteiger partial charge < -0.3 is 16.8 Å². The third-order valence-electron chi connectivity index (χ3n) is 3.42. The van der Waals surface area contributed by atoms with Crippen LogP contribution in [0.25, 0.3) is 0 Å². The quantitative estimate of drug-likeness (QED) is 0.755. The summed E-state index contributed by atoms with van der Waals surface area (Å²) in [4.78, 5) is 12.1. The maximum absolute atomic E-state index is 12.1. The van der Waals surface area contributed by atoms with Crippen molar-refractivity contribution in [2.45, 2.75) is 26.3 Å². The van der Waals surface area contributed by atoms with Crippen LogP contribution in [0.2, 0.25) is 0 Å². The summed E-state index contributed by atoms with van der Waals surface area (Å²) in [5, 5.41) is 2.86. The van der Waals surface area contributed by atoms with Gasteiger partial charge in [0.25, 0.3) is 5.91 Å². The van der Waals surface area contributed by atoms with E-state index in [0.29, 0.717) is 29.4 Å². The lowest BCUT2D eigenvalue weighted by atomic mass is 10.0. The third-order valence-corrected chi connectivity index (χ3v) is 3.42. The molecule has 0 atom stereocenters. The normalized spacial score (nSPS) is 10.6. The fourth-order valence-electron chi connectivity index (χ4n) is 2.09. The molecular formula is C17H21N3O. The smallest absolute Gasteiger partial charge is 0.253 e. The highest BCUT2D eigenvalue weighted by Crippen LogP contribution is 2.16. The highest BCUT2D eigenvalue weighted by molar-refractivity contribution is 5.99. The molecule has 0 saturated carbocycles. The van der Waals surface area contributed by atoms with Gasteiger partial charge in [0.1, 0.15) is 0 Å². The fourth-order valence-corrected chi connectivity index (χ4v) is 2.09. The zero-order valence-corrected chi connectivity index (χ0v) is 12.4. The lowest BCUT2D eigenvalue weighted by Crippen LogP contribution is -2.23. The van der Waals surface area contributed by atoms with E-state index in [1.54, 1.807) is 18.2 Å². The first-order valence-electron chi connectivity index (χ1n) is 6.99. The molecule has 0 aliphatic carbocycles. The highest BCUT2D eigenvalue weighted by atomic mass is 16.1. The Morgan fingerprint density at radius 2 is 1.76 bits per heavy atom. The lowest BCUT2D eigenvalue weighted by Gasteiger charge is -2.10. The minimum Gasteiger partial charge on any atom is -0.399 e. The molecule has 0 fully saturated rings. The number of nitrogens with two attached hydrogens (primary N) is 2. The minimum atomic E-state index is -0.194. The van der Waals surface area contributed by atoms with E-state index in [2.05, 4.69) is 31.3 Å². The van der Waals surface area contributed by atoms with Crippen molar-refractivity contribution in [1.82, 2.24) is 5.32 Å². The van der Waals surface area contributed by atoms with Crippen molar-refractivity contribution < 1.29 is 4.79 Å². The van der Waals surface area contributed by atoms with Gasteiger partial charge in [-0.05, 0) is 35.2 Å². The van der Waals surface area contributed by atoms with Crippen molar-refractivity contribution >= 4 is 17.3 Å². The molecule has 2 rings (SSSR count). The van der Waals surface area contributed by atoms with E-state index in [1.165, 1.54) is 5.56 Å². The van der Waals surface area contributed by atoms with Crippen LogP contribution in [0.5, 0.6) is 0 Å². The average molecular weight is 283 g/mol. The molecule has 2 aromatic rings. The Hall–Kier alpha value is -2.49. The second-order valence-corrected chi connectivity index (χ2v) is 5.43. The molecule has 0 bridgehead atoms. The van der Waals surface area contributed by atoms with E-state index in [9.17, 15) is 4.79 Å². The molecule has 0 saturated heterocycles. The summed E-state index contributed by atoms with van der Waals surface area (Å²) in [5.41, 5.74) is 15.2. The maximum Gasteiger partial charge on any atom is 0.253 e. The summed E-state index contributed by atoms with van der Waals surface area (Å²) < 4.78 is 0. The van der Waals surface area contributed by atoms with Crippen LogP contribution in [-0.4, -0.2) is 5.91 Å². The molecule has 5 N–H and O–H groups in total. The molecule has 0 aromatic heterocycles. The number of rotatable bonds is 4. The summed E-state index contributed by atoms with van der Waals surface area (Å²) in [7, 11) is 0. The maximum atomic E-state index is 12.1. The first-order chi connectivity index (χ1) is 9.97. The number of amides is 1. The Bertz CT molecular complexity index is 633. The molecule has 0 unspecified atom stereocenters. The van der Waals surface area contributed by atoms with Gasteiger partial charge in [-0.3, -0.25) is 4.79 Å². The summed E-state index contributed by atoms with van der Waals surface area (Å²) >= 11 is 0. The fraction of sp³-hybridized carbons (Fsp3) is 0.235. The van der Waals surface area contributed by atoms with Crippen LogP contribution >= 0.6 is 0 Å². The van der Waals surface area contributed by atoms with Gasteiger partial charge >= 0.3 is 0 Å². The average Bonchev–Trinajstić information content (AvgIpc) is 2.45. The Kier molecular flexibility index (Phi) is 4.48. The molecule has 0 aliphatic rings. The Morgan fingerprint density at radius 3 is 2.33 bits per heavy atom. The van der Waals surface area contributed by atoms with Crippen LogP contribution in [0.1, 0.15) is 41.3 Å². The van der Waals surface area contributed by atoms with Crippen molar-refractivity contribution in [3.8, 4) is 0 Å². The third kappa shape index (κ3) is 3.75. The van der Waals surface area contributed by atoms with Crippen molar-refractivity contribution in [3.05, 3.63) is 59.2 Å². The zero-order valence-electron chi connectivity index (χ0n) is 12.4. The van der Waals surface area contributed by atoms with Crippen LogP contribution < -0.4 is 16.8 Å². The van der Waals surface area contributed by atoms with Gasteiger partial charge in [0, 0.05) is 17.9 Å². The molecule has 2 aromatic carbocycles. The number of nitrogens with one attached hydrogen (secondary N) is 1.